The zero-order valence-electron chi connectivity index (χ0n) is 18.0. The maximum Gasteiger partial charge on any atom is 0.313 e. The topological polar surface area (TPSA) is 59.8 Å². The fourth-order valence-corrected chi connectivity index (χ4v) is 5.68. The maximum absolute atomic E-state index is 13.2. The Morgan fingerprint density at radius 2 is 2.10 bits per heavy atom. The van der Waals surface area contributed by atoms with Crippen molar-refractivity contribution in [3.05, 3.63) is 18.2 Å². The molecule has 3 aliphatic rings. The van der Waals surface area contributed by atoms with Crippen LogP contribution in [-0.2, 0) is 20.8 Å². The van der Waals surface area contributed by atoms with Crippen molar-refractivity contribution in [1.29, 1.82) is 0 Å². The van der Waals surface area contributed by atoms with E-state index in [-0.39, 0.29) is 11.4 Å². The fraction of sp³-hybridized carbons (Fsp3) is 0.818. The van der Waals surface area contributed by atoms with Crippen molar-refractivity contribution >= 4 is 5.97 Å². The summed E-state index contributed by atoms with van der Waals surface area (Å²) in [6, 6.07) is 0.589. The lowest BCUT2D eigenvalue weighted by atomic mass is 9.61. The van der Waals surface area contributed by atoms with Gasteiger partial charge in [-0.25, -0.2) is 4.98 Å². The summed E-state index contributed by atoms with van der Waals surface area (Å²) in [5, 5.41) is 0. The first-order chi connectivity index (χ1) is 14.1. The van der Waals surface area contributed by atoms with E-state index < -0.39 is 0 Å². The van der Waals surface area contributed by atoms with Crippen LogP contribution >= 0.6 is 0 Å². The van der Waals surface area contributed by atoms with Gasteiger partial charge in [0.1, 0.15) is 5.82 Å². The molecule has 3 fully saturated rings. The summed E-state index contributed by atoms with van der Waals surface area (Å²) in [7, 11) is 0. The summed E-state index contributed by atoms with van der Waals surface area (Å²) < 4.78 is 13.4. The molecule has 0 aromatic carbocycles. The Hall–Kier alpha value is -1.44. The molecule has 0 unspecified atom stereocenters. The van der Waals surface area contributed by atoms with Gasteiger partial charge in [0.2, 0.25) is 0 Å². The van der Waals surface area contributed by atoms with E-state index in [2.05, 4.69) is 19.4 Å². The second kappa shape index (κ2) is 9.14. The van der Waals surface area contributed by atoms with Gasteiger partial charge in [-0.15, -0.1) is 0 Å². The van der Waals surface area contributed by atoms with Gasteiger partial charge in [-0.3, -0.25) is 9.69 Å². The number of carbonyl (C=O) groups is 1. The number of hydrogen-bond donors (Lipinski definition) is 0. The number of aromatic nitrogens is 2. The minimum absolute atomic E-state index is 0.0361. The molecule has 0 spiro atoms. The van der Waals surface area contributed by atoms with Crippen LogP contribution in [0.2, 0.25) is 0 Å². The molecule has 29 heavy (non-hydrogen) atoms. The van der Waals surface area contributed by atoms with Crippen molar-refractivity contribution in [1.82, 2.24) is 19.4 Å². The Labute approximate surface area is 174 Å². The van der Waals surface area contributed by atoms with Crippen LogP contribution in [0.3, 0.4) is 0 Å². The highest BCUT2D eigenvalue weighted by atomic mass is 16.5. The normalized spacial score (nSPS) is 31.4. The number of fused-ring (bicyclic) bond motifs is 1. The number of nitrogens with zero attached hydrogens (tertiary/aromatic N) is 4. The number of morpholine rings is 1. The number of carbonyl (C=O) groups excluding carboxylic acids is 1. The number of piperidine rings is 1. The van der Waals surface area contributed by atoms with Crippen LogP contribution in [0.1, 0.15) is 38.4 Å². The third-order valence-electron chi connectivity index (χ3n) is 7.39. The van der Waals surface area contributed by atoms with Gasteiger partial charge in [-0.05, 0) is 52.0 Å². The van der Waals surface area contributed by atoms with Crippen LogP contribution < -0.4 is 0 Å². The molecule has 0 N–H and O–H groups in total. The molecule has 0 radical (unpaired) electrons. The Kier molecular flexibility index (Phi) is 6.56. The number of esters is 1. The quantitative estimate of drug-likeness (QED) is 0.676. The standard InChI is InChI=1S/C22H36N4O3/c1-3-29-21(27)22-6-4-20(26-12-14-28-15-13-26)16-19(22)5-8-24(17-22)10-11-25-9-7-23-18(25)2/h7,9,19-20H,3-6,8,10-17H2,1-2H3/t19-,20+,22-/m1/s1. The van der Waals surface area contributed by atoms with Gasteiger partial charge in [0.15, 0.2) is 0 Å². The van der Waals surface area contributed by atoms with E-state index >= 15 is 0 Å². The van der Waals surface area contributed by atoms with Gasteiger partial charge >= 0.3 is 5.97 Å². The third kappa shape index (κ3) is 4.37. The molecule has 1 aromatic heterocycles. The average molecular weight is 405 g/mol. The Balaban J connectivity index is 1.44. The van der Waals surface area contributed by atoms with Gasteiger partial charge in [0.25, 0.3) is 0 Å². The van der Waals surface area contributed by atoms with Gasteiger partial charge in [-0.1, -0.05) is 0 Å². The average Bonchev–Trinajstić information content (AvgIpc) is 3.17. The van der Waals surface area contributed by atoms with E-state index in [1.54, 1.807) is 0 Å². The van der Waals surface area contributed by atoms with Crippen molar-refractivity contribution in [3.8, 4) is 0 Å². The number of ether oxygens (including phenoxy) is 2. The lowest BCUT2D eigenvalue weighted by Crippen LogP contribution is -2.59. The molecule has 2 saturated heterocycles. The first-order valence-corrected chi connectivity index (χ1v) is 11.3. The molecular weight excluding hydrogens is 368 g/mol. The highest BCUT2D eigenvalue weighted by Crippen LogP contribution is 2.48. The second-order valence-corrected chi connectivity index (χ2v) is 8.88. The molecule has 3 atom stereocenters. The molecule has 3 heterocycles. The number of likely N-dealkylation sites (tertiary alicyclic amines) is 1. The number of rotatable bonds is 6. The van der Waals surface area contributed by atoms with E-state index in [0.29, 0.717) is 18.6 Å². The molecule has 1 aliphatic carbocycles. The van der Waals surface area contributed by atoms with Crippen LogP contribution in [0.15, 0.2) is 12.4 Å². The first kappa shape index (κ1) is 20.8. The van der Waals surface area contributed by atoms with Crippen molar-refractivity contribution in [2.45, 2.75) is 52.1 Å². The number of imidazole rings is 1. The largest absolute Gasteiger partial charge is 0.466 e. The van der Waals surface area contributed by atoms with Crippen molar-refractivity contribution < 1.29 is 14.3 Å². The minimum Gasteiger partial charge on any atom is -0.466 e. The van der Waals surface area contributed by atoms with E-state index in [9.17, 15) is 4.79 Å². The predicted molar refractivity (Wildman–Crippen MR) is 111 cm³/mol. The highest BCUT2D eigenvalue weighted by molar-refractivity contribution is 5.78. The highest BCUT2D eigenvalue weighted by Gasteiger charge is 2.53. The minimum atomic E-state index is -0.332. The summed E-state index contributed by atoms with van der Waals surface area (Å²) in [5.74, 6) is 1.51. The monoisotopic (exact) mass is 404 g/mol. The fourth-order valence-electron chi connectivity index (χ4n) is 5.68. The molecular formula is C22H36N4O3. The number of aryl methyl sites for hydroxylation is 1. The van der Waals surface area contributed by atoms with Gasteiger partial charge < -0.3 is 18.9 Å². The van der Waals surface area contributed by atoms with Crippen LogP contribution in [0, 0.1) is 18.3 Å². The van der Waals surface area contributed by atoms with E-state index in [1.807, 2.05) is 26.2 Å². The molecule has 0 bridgehead atoms. The van der Waals surface area contributed by atoms with Crippen molar-refractivity contribution in [3.63, 3.8) is 0 Å². The summed E-state index contributed by atoms with van der Waals surface area (Å²) >= 11 is 0. The van der Waals surface area contributed by atoms with E-state index in [0.717, 1.165) is 84.0 Å². The smallest absolute Gasteiger partial charge is 0.313 e. The lowest BCUT2D eigenvalue weighted by molar-refractivity contribution is -0.170. The summed E-state index contributed by atoms with van der Waals surface area (Å²) in [5.41, 5.74) is -0.332. The zero-order valence-corrected chi connectivity index (χ0v) is 18.0. The lowest BCUT2D eigenvalue weighted by Gasteiger charge is -2.52. The van der Waals surface area contributed by atoms with Gasteiger partial charge in [0, 0.05) is 51.2 Å². The zero-order chi connectivity index (χ0) is 20.3. The van der Waals surface area contributed by atoms with Crippen LogP contribution in [0.4, 0.5) is 0 Å². The van der Waals surface area contributed by atoms with E-state index in [1.165, 1.54) is 0 Å². The molecule has 7 heteroatoms. The van der Waals surface area contributed by atoms with Crippen LogP contribution in [-0.4, -0.2) is 83.9 Å². The molecule has 2 aliphatic heterocycles. The van der Waals surface area contributed by atoms with Gasteiger partial charge in [-0.2, -0.15) is 0 Å². The van der Waals surface area contributed by atoms with Crippen LogP contribution in [0.25, 0.3) is 0 Å². The Bertz CT molecular complexity index is 687. The second-order valence-electron chi connectivity index (χ2n) is 8.88. The first-order valence-electron chi connectivity index (χ1n) is 11.3. The molecule has 162 valence electrons. The van der Waals surface area contributed by atoms with Crippen molar-refractivity contribution in [2.24, 2.45) is 11.3 Å². The summed E-state index contributed by atoms with van der Waals surface area (Å²) in [4.78, 5) is 22.6. The van der Waals surface area contributed by atoms with E-state index in [4.69, 9.17) is 9.47 Å². The summed E-state index contributed by atoms with van der Waals surface area (Å²) in [6.45, 7) is 11.9. The molecule has 1 aromatic rings. The van der Waals surface area contributed by atoms with Gasteiger partial charge in [0.05, 0.1) is 25.2 Å². The molecule has 0 amide bonds. The third-order valence-corrected chi connectivity index (χ3v) is 7.39. The molecule has 7 nitrogen and oxygen atoms in total. The number of hydrogen-bond acceptors (Lipinski definition) is 6. The van der Waals surface area contributed by atoms with Crippen LogP contribution in [0.5, 0.6) is 0 Å². The maximum atomic E-state index is 13.2. The Morgan fingerprint density at radius 1 is 1.28 bits per heavy atom. The molecule has 1 saturated carbocycles. The Morgan fingerprint density at radius 3 is 2.83 bits per heavy atom. The predicted octanol–water partition coefficient (Wildman–Crippen LogP) is 1.95. The van der Waals surface area contributed by atoms with Crippen molar-refractivity contribution in [2.75, 3.05) is 52.5 Å². The molecule has 4 rings (SSSR count). The summed E-state index contributed by atoms with van der Waals surface area (Å²) in [6.07, 6.45) is 8.13. The SMILES string of the molecule is CCOC(=O)[C@@]12CC[C@H](N3CCOCC3)C[C@H]1CCN(CCn1ccnc1C)C2.